The first-order valence-corrected chi connectivity index (χ1v) is 11.7. The molecular formula is C28H26ClNO6. The van der Waals surface area contributed by atoms with E-state index in [-0.39, 0.29) is 29.4 Å². The number of carbonyl (C=O) groups excluding carboxylic acids is 1. The van der Waals surface area contributed by atoms with Crippen molar-refractivity contribution >= 4 is 28.5 Å². The molecule has 1 heterocycles. The normalized spacial score (nSPS) is 10.8. The molecule has 0 fully saturated rings. The Kier molecular flexibility index (Phi) is 7.80. The highest BCUT2D eigenvalue weighted by Crippen LogP contribution is 2.37. The Labute approximate surface area is 213 Å². The van der Waals surface area contributed by atoms with E-state index in [9.17, 15) is 9.59 Å². The van der Waals surface area contributed by atoms with Gasteiger partial charge < -0.3 is 23.9 Å². The van der Waals surface area contributed by atoms with Gasteiger partial charge in [0.05, 0.1) is 19.6 Å². The fourth-order valence-electron chi connectivity index (χ4n) is 3.78. The highest BCUT2D eigenvalue weighted by molar-refractivity contribution is 6.32. The Balaban J connectivity index is 1.65. The third kappa shape index (κ3) is 5.47. The molecular weight excluding hydrogens is 482 g/mol. The van der Waals surface area contributed by atoms with Crippen molar-refractivity contribution in [2.24, 2.45) is 0 Å². The van der Waals surface area contributed by atoms with Gasteiger partial charge >= 0.3 is 0 Å². The van der Waals surface area contributed by atoms with Gasteiger partial charge in [-0.05, 0) is 54.8 Å². The van der Waals surface area contributed by atoms with Gasteiger partial charge in [-0.1, -0.05) is 41.9 Å². The lowest BCUT2D eigenvalue weighted by atomic mass is 10.1. The molecule has 0 saturated heterocycles. The third-order valence-electron chi connectivity index (χ3n) is 5.70. The van der Waals surface area contributed by atoms with E-state index >= 15 is 0 Å². The second-order valence-electron chi connectivity index (χ2n) is 8.13. The molecule has 0 saturated carbocycles. The maximum absolute atomic E-state index is 13.4. The molecule has 1 aromatic heterocycles. The second kappa shape index (κ2) is 11.2. The van der Waals surface area contributed by atoms with Gasteiger partial charge in [-0.15, -0.1) is 0 Å². The Bertz CT molecular complexity index is 1450. The number of fused-ring (bicyclic) bond motifs is 1. The molecule has 186 valence electrons. The fourth-order valence-corrected chi connectivity index (χ4v) is 3.94. The lowest BCUT2D eigenvalue weighted by Gasteiger charge is -2.14. The average molecular weight is 508 g/mol. The van der Waals surface area contributed by atoms with Crippen molar-refractivity contribution in [1.82, 2.24) is 5.32 Å². The zero-order valence-electron chi connectivity index (χ0n) is 20.2. The van der Waals surface area contributed by atoms with Crippen molar-refractivity contribution < 1.29 is 23.4 Å². The maximum Gasteiger partial charge on any atom is 0.257 e. The standard InChI is InChI=1S/C28H26ClNO6/c1-17-13-23-20(15-21(17)29)26(32)28(27(36-23)19-9-10-22(33-2)24(14-19)34-3)35-16-25(31)30-12-11-18-7-5-4-6-8-18/h4-10,13-15H,11-12,16H2,1-3H3,(H,30,31). The number of nitrogens with one attached hydrogen (secondary N) is 1. The monoisotopic (exact) mass is 507 g/mol. The lowest BCUT2D eigenvalue weighted by Crippen LogP contribution is -2.31. The summed E-state index contributed by atoms with van der Waals surface area (Å²) in [5, 5.41) is 3.50. The molecule has 7 nitrogen and oxygen atoms in total. The molecule has 8 heteroatoms. The van der Waals surface area contributed by atoms with Crippen LogP contribution in [0.15, 0.2) is 69.9 Å². The van der Waals surface area contributed by atoms with E-state index in [1.807, 2.05) is 37.3 Å². The SMILES string of the molecule is COc1ccc(-c2oc3cc(C)c(Cl)cc3c(=O)c2OCC(=O)NCCc2ccccc2)cc1OC. The van der Waals surface area contributed by atoms with Crippen LogP contribution in [0.4, 0.5) is 0 Å². The summed E-state index contributed by atoms with van der Waals surface area (Å²) in [7, 11) is 3.05. The van der Waals surface area contributed by atoms with Gasteiger partial charge in [0, 0.05) is 17.1 Å². The number of hydrogen-bond acceptors (Lipinski definition) is 6. The summed E-state index contributed by atoms with van der Waals surface area (Å²) in [6, 6.07) is 18.2. The van der Waals surface area contributed by atoms with Gasteiger partial charge in [0.2, 0.25) is 11.2 Å². The summed E-state index contributed by atoms with van der Waals surface area (Å²) < 4.78 is 22.6. The summed E-state index contributed by atoms with van der Waals surface area (Å²) >= 11 is 6.26. The van der Waals surface area contributed by atoms with E-state index in [4.69, 9.17) is 30.2 Å². The summed E-state index contributed by atoms with van der Waals surface area (Å²) in [5.41, 5.74) is 2.32. The molecule has 0 atom stereocenters. The summed E-state index contributed by atoms with van der Waals surface area (Å²) in [4.78, 5) is 25.9. The van der Waals surface area contributed by atoms with E-state index in [0.717, 1.165) is 11.1 Å². The van der Waals surface area contributed by atoms with Crippen LogP contribution in [0, 0.1) is 6.92 Å². The van der Waals surface area contributed by atoms with Crippen LogP contribution < -0.4 is 25.0 Å². The topological polar surface area (TPSA) is 87.0 Å². The summed E-state index contributed by atoms with van der Waals surface area (Å²) in [6.45, 7) is 1.91. The molecule has 0 spiro atoms. The van der Waals surface area contributed by atoms with Gasteiger partial charge in [-0.3, -0.25) is 9.59 Å². The Morgan fingerprint density at radius 3 is 2.47 bits per heavy atom. The molecule has 0 unspecified atom stereocenters. The number of benzene rings is 3. The number of aryl methyl sites for hydroxylation is 1. The van der Waals surface area contributed by atoms with Crippen molar-refractivity contribution in [2.45, 2.75) is 13.3 Å². The molecule has 36 heavy (non-hydrogen) atoms. The highest BCUT2D eigenvalue weighted by Gasteiger charge is 2.21. The van der Waals surface area contributed by atoms with Crippen LogP contribution in [-0.2, 0) is 11.2 Å². The van der Waals surface area contributed by atoms with Gasteiger partial charge in [-0.2, -0.15) is 0 Å². The summed E-state index contributed by atoms with van der Waals surface area (Å²) in [6.07, 6.45) is 0.680. The van der Waals surface area contributed by atoms with Gasteiger partial charge in [-0.25, -0.2) is 0 Å². The number of rotatable bonds is 9. The minimum Gasteiger partial charge on any atom is -0.493 e. The van der Waals surface area contributed by atoms with Crippen molar-refractivity contribution in [3.8, 4) is 28.6 Å². The number of hydrogen-bond donors (Lipinski definition) is 1. The molecule has 0 radical (unpaired) electrons. The number of methoxy groups -OCH3 is 2. The van der Waals surface area contributed by atoms with Crippen molar-refractivity contribution in [2.75, 3.05) is 27.4 Å². The van der Waals surface area contributed by atoms with Crippen LogP contribution >= 0.6 is 11.6 Å². The minimum atomic E-state index is -0.431. The van der Waals surface area contributed by atoms with Crippen molar-refractivity contribution in [3.63, 3.8) is 0 Å². The van der Waals surface area contributed by atoms with E-state index in [2.05, 4.69) is 5.32 Å². The first-order chi connectivity index (χ1) is 17.4. The largest absolute Gasteiger partial charge is 0.493 e. The predicted octanol–water partition coefficient (Wildman–Crippen LogP) is 5.18. The third-order valence-corrected chi connectivity index (χ3v) is 6.11. The molecule has 0 aliphatic carbocycles. The Morgan fingerprint density at radius 1 is 1.00 bits per heavy atom. The van der Waals surface area contributed by atoms with Crippen LogP contribution in [-0.4, -0.2) is 33.3 Å². The van der Waals surface area contributed by atoms with E-state index < -0.39 is 5.43 Å². The van der Waals surface area contributed by atoms with Gasteiger partial charge in [0.1, 0.15) is 5.58 Å². The number of carbonyl (C=O) groups is 1. The molecule has 3 aromatic carbocycles. The van der Waals surface area contributed by atoms with Crippen LogP contribution in [0.3, 0.4) is 0 Å². The van der Waals surface area contributed by atoms with Crippen molar-refractivity contribution in [1.29, 1.82) is 0 Å². The zero-order valence-corrected chi connectivity index (χ0v) is 21.0. The van der Waals surface area contributed by atoms with Crippen LogP contribution in [0.5, 0.6) is 17.2 Å². The van der Waals surface area contributed by atoms with Crippen LogP contribution in [0.1, 0.15) is 11.1 Å². The molecule has 1 N–H and O–H groups in total. The van der Waals surface area contributed by atoms with Crippen molar-refractivity contribution in [3.05, 3.63) is 87.0 Å². The number of ether oxygens (including phenoxy) is 3. The van der Waals surface area contributed by atoms with E-state index in [1.165, 1.54) is 14.2 Å². The highest BCUT2D eigenvalue weighted by atomic mass is 35.5. The molecule has 1 amide bonds. The zero-order chi connectivity index (χ0) is 25.7. The van der Waals surface area contributed by atoms with Gasteiger partial charge in [0.15, 0.2) is 23.9 Å². The average Bonchev–Trinajstić information content (AvgIpc) is 2.89. The van der Waals surface area contributed by atoms with Crippen LogP contribution in [0.25, 0.3) is 22.3 Å². The molecule has 4 aromatic rings. The molecule has 0 aliphatic rings. The van der Waals surface area contributed by atoms with E-state index in [0.29, 0.717) is 40.6 Å². The second-order valence-corrected chi connectivity index (χ2v) is 8.54. The fraction of sp³-hybridized carbons (Fsp3) is 0.214. The molecule has 4 rings (SSSR count). The maximum atomic E-state index is 13.4. The summed E-state index contributed by atoms with van der Waals surface area (Å²) in [5.74, 6) is 0.702. The first kappa shape index (κ1) is 25.1. The Morgan fingerprint density at radius 2 is 1.75 bits per heavy atom. The first-order valence-electron chi connectivity index (χ1n) is 11.3. The number of amides is 1. The van der Waals surface area contributed by atoms with E-state index in [1.54, 1.807) is 30.3 Å². The quantitative estimate of drug-likeness (QED) is 0.336. The molecule has 0 aliphatic heterocycles. The van der Waals surface area contributed by atoms with Crippen LogP contribution in [0.2, 0.25) is 5.02 Å². The Hall–Kier alpha value is -3.97. The predicted molar refractivity (Wildman–Crippen MR) is 139 cm³/mol. The lowest BCUT2D eigenvalue weighted by molar-refractivity contribution is -0.123. The minimum absolute atomic E-state index is 0.0900. The smallest absolute Gasteiger partial charge is 0.257 e. The van der Waals surface area contributed by atoms with Gasteiger partial charge in [0.25, 0.3) is 5.91 Å². The number of halogens is 1. The molecule has 0 bridgehead atoms.